The Bertz CT molecular complexity index is 592. The average molecular weight is 339 g/mol. The van der Waals surface area contributed by atoms with E-state index in [9.17, 15) is 0 Å². The molecular weight excluding hydrogens is 304 g/mol. The van der Waals surface area contributed by atoms with E-state index in [1.54, 1.807) is 5.56 Å². The first-order valence-corrected chi connectivity index (χ1v) is 10.7. The summed E-state index contributed by atoms with van der Waals surface area (Å²) in [6.45, 7) is 1.16. The highest BCUT2D eigenvalue weighted by atomic mass is 15.5. The Balaban J connectivity index is 1.55. The first kappa shape index (κ1) is 17.1. The Labute approximate surface area is 153 Å². The molecule has 0 aromatic heterocycles. The number of aryl methyl sites for hydroxylation is 2. The molecule has 0 radical (unpaired) electrons. The summed E-state index contributed by atoms with van der Waals surface area (Å²) < 4.78 is 0. The number of anilines is 1. The van der Waals surface area contributed by atoms with E-state index < -0.39 is 0 Å². The summed E-state index contributed by atoms with van der Waals surface area (Å²) in [6.07, 6.45) is 20.7. The van der Waals surface area contributed by atoms with Gasteiger partial charge in [-0.3, -0.25) is 0 Å². The summed E-state index contributed by atoms with van der Waals surface area (Å²) in [6, 6.07) is 7.97. The van der Waals surface area contributed by atoms with E-state index in [-0.39, 0.29) is 0 Å². The largest absolute Gasteiger partial charge is 0.308 e. The third kappa shape index (κ3) is 4.28. The molecule has 2 atom stereocenters. The molecule has 3 aliphatic rings. The number of fused-ring (bicyclic) bond motifs is 2. The molecule has 1 N–H and O–H groups in total. The Morgan fingerprint density at radius 3 is 2.72 bits per heavy atom. The molecule has 2 nitrogen and oxygen atoms in total. The molecule has 1 fully saturated rings. The summed E-state index contributed by atoms with van der Waals surface area (Å²) in [4.78, 5) is 0. The van der Waals surface area contributed by atoms with Crippen LogP contribution in [-0.4, -0.2) is 12.6 Å². The van der Waals surface area contributed by atoms with Crippen molar-refractivity contribution in [1.29, 1.82) is 0 Å². The highest BCUT2D eigenvalue weighted by molar-refractivity contribution is 5.55. The second kappa shape index (κ2) is 8.40. The summed E-state index contributed by atoms with van der Waals surface area (Å²) in [5, 5.41) is 2.51. The van der Waals surface area contributed by atoms with E-state index in [2.05, 4.69) is 40.8 Å². The maximum absolute atomic E-state index is 3.93. The Morgan fingerprint density at radius 1 is 0.880 bits per heavy atom. The Kier molecular flexibility index (Phi) is 5.76. The second-order valence-corrected chi connectivity index (χ2v) is 8.30. The monoisotopic (exact) mass is 338 g/mol. The third-order valence-corrected chi connectivity index (χ3v) is 6.45. The topological polar surface area (TPSA) is 15.3 Å². The smallest absolute Gasteiger partial charge is 0.0554 e. The highest BCUT2D eigenvalue weighted by Gasteiger charge is 2.31. The molecule has 2 unspecified atom stereocenters. The lowest BCUT2D eigenvalue weighted by Crippen LogP contribution is -2.53. The molecule has 0 amide bonds. The number of allylic oxidation sites excluding steroid dienone is 2. The van der Waals surface area contributed by atoms with Gasteiger partial charge in [0.05, 0.1) is 5.69 Å². The lowest BCUT2D eigenvalue weighted by atomic mass is 9.77. The molecule has 1 aromatic rings. The van der Waals surface area contributed by atoms with Crippen molar-refractivity contribution in [2.45, 2.75) is 83.1 Å². The maximum atomic E-state index is 3.93. The van der Waals surface area contributed by atoms with Crippen molar-refractivity contribution in [2.24, 2.45) is 5.92 Å². The fourth-order valence-electron chi connectivity index (χ4n) is 4.62. The number of hydrogen-bond donors (Lipinski definition) is 1. The van der Waals surface area contributed by atoms with Crippen molar-refractivity contribution in [1.82, 2.24) is 5.43 Å². The Hall–Kier alpha value is -1.28. The van der Waals surface area contributed by atoms with Crippen LogP contribution < -0.4 is 10.4 Å². The van der Waals surface area contributed by atoms with Gasteiger partial charge in [-0.05, 0) is 87.3 Å². The second-order valence-electron chi connectivity index (χ2n) is 8.30. The van der Waals surface area contributed by atoms with Crippen molar-refractivity contribution in [3.05, 3.63) is 41.5 Å². The van der Waals surface area contributed by atoms with Crippen molar-refractivity contribution in [3.8, 4) is 0 Å². The summed E-state index contributed by atoms with van der Waals surface area (Å²) in [5.41, 5.74) is 8.48. The average Bonchev–Trinajstić information content (AvgIpc) is 2.81. The van der Waals surface area contributed by atoms with Gasteiger partial charge in [0.15, 0.2) is 0 Å². The SMILES string of the molecule is C1=CCC2CCC2NN2CCCCc3ccc(cc32)CCCCCC1. The van der Waals surface area contributed by atoms with Crippen LogP contribution in [0.25, 0.3) is 0 Å². The van der Waals surface area contributed by atoms with Gasteiger partial charge in [0.1, 0.15) is 0 Å². The number of benzene rings is 1. The van der Waals surface area contributed by atoms with Gasteiger partial charge >= 0.3 is 0 Å². The molecule has 0 spiro atoms. The van der Waals surface area contributed by atoms with Crippen LogP contribution in [0.15, 0.2) is 30.4 Å². The van der Waals surface area contributed by atoms with Gasteiger partial charge in [-0.25, -0.2) is 5.43 Å². The van der Waals surface area contributed by atoms with Gasteiger partial charge in [0, 0.05) is 12.6 Å². The van der Waals surface area contributed by atoms with Crippen molar-refractivity contribution in [3.63, 3.8) is 0 Å². The van der Waals surface area contributed by atoms with E-state index >= 15 is 0 Å². The van der Waals surface area contributed by atoms with Crippen LogP contribution in [0.5, 0.6) is 0 Å². The van der Waals surface area contributed by atoms with E-state index in [0.29, 0.717) is 6.04 Å². The molecule has 2 heteroatoms. The van der Waals surface area contributed by atoms with E-state index in [1.165, 1.54) is 88.3 Å². The zero-order valence-corrected chi connectivity index (χ0v) is 15.7. The molecule has 0 saturated heterocycles. The predicted molar refractivity (Wildman–Crippen MR) is 107 cm³/mol. The quantitative estimate of drug-likeness (QED) is 0.623. The minimum Gasteiger partial charge on any atom is -0.308 e. The molecule has 2 aliphatic heterocycles. The van der Waals surface area contributed by atoms with Crippen molar-refractivity contribution < 1.29 is 0 Å². The van der Waals surface area contributed by atoms with Crippen LogP contribution >= 0.6 is 0 Å². The van der Waals surface area contributed by atoms with Crippen molar-refractivity contribution in [2.75, 3.05) is 11.6 Å². The molecule has 136 valence electrons. The van der Waals surface area contributed by atoms with Crippen LogP contribution in [-0.2, 0) is 12.8 Å². The number of rotatable bonds is 0. The van der Waals surface area contributed by atoms with Gasteiger partial charge in [-0.2, -0.15) is 0 Å². The van der Waals surface area contributed by atoms with Crippen LogP contribution in [0.1, 0.15) is 75.3 Å². The van der Waals surface area contributed by atoms with E-state index in [4.69, 9.17) is 0 Å². The summed E-state index contributed by atoms with van der Waals surface area (Å²) in [7, 11) is 0. The fourth-order valence-corrected chi connectivity index (χ4v) is 4.62. The molecule has 25 heavy (non-hydrogen) atoms. The number of nitrogens with one attached hydrogen (secondary N) is 1. The molecular formula is C23H34N2. The molecule has 2 bridgehead atoms. The number of hydrazine groups is 1. The zero-order valence-electron chi connectivity index (χ0n) is 15.7. The number of nitrogens with zero attached hydrogens (tertiary/aromatic N) is 1. The lowest BCUT2D eigenvalue weighted by Gasteiger charge is -2.41. The van der Waals surface area contributed by atoms with Crippen LogP contribution in [0.2, 0.25) is 0 Å². The standard InChI is InChI=1S/C23H34N2/c1-2-4-6-10-19-13-14-21-12-8-9-17-25(23(21)18-19)24-22-16-15-20(22)11-7-5-3-1/h5,7,13-14,18,20,22,24H,1-4,6,8-12,15-17H2. The first-order chi connectivity index (χ1) is 12.4. The molecule has 1 aromatic carbocycles. The fraction of sp³-hybridized carbons (Fsp3) is 0.652. The summed E-state index contributed by atoms with van der Waals surface area (Å²) >= 11 is 0. The first-order valence-electron chi connectivity index (χ1n) is 10.7. The van der Waals surface area contributed by atoms with E-state index in [1.807, 2.05) is 0 Å². The predicted octanol–water partition coefficient (Wildman–Crippen LogP) is 5.57. The van der Waals surface area contributed by atoms with Crippen LogP contribution in [0.4, 0.5) is 5.69 Å². The van der Waals surface area contributed by atoms with Gasteiger partial charge in [-0.15, -0.1) is 0 Å². The van der Waals surface area contributed by atoms with Gasteiger partial charge in [0.25, 0.3) is 0 Å². The number of hydrogen-bond acceptors (Lipinski definition) is 2. The zero-order chi connectivity index (χ0) is 16.9. The van der Waals surface area contributed by atoms with Crippen LogP contribution in [0, 0.1) is 5.92 Å². The molecule has 1 saturated carbocycles. The maximum Gasteiger partial charge on any atom is 0.0554 e. The summed E-state index contributed by atoms with van der Waals surface area (Å²) in [5.74, 6) is 0.832. The highest BCUT2D eigenvalue weighted by Crippen LogP contribution is 2.34. The third-order valence-electron chi connectivity index (χ3n) is 6.45. The van der Waals surface area contributed by atoms with Gasteiger partial charge in [0.2, 0.25) is 0 Å². The molecule has 2 heterocycles. The Morgan fingerprint density at radius 2 is 1.80 bits per heavy atom. The van der Waals surface area contributed by atoms with E-state index in [0.717, 1.165) is 12.5 Å². The van der Waals surface area contributed by atoms with Gasteiger partial charge in [-0.1, -0.05) is 37.1 Å². The normalized spacial score (nSPS) is 27.9. The van der Waals surface area contributed by atoms with Crippen LogP contribution in [0.3, 0.4) is 0 Å². The molecule has 4 rings (SSSR count). The lowest BCUT2D eigenvalue weighted by molar-refractivity contribution is 0.207. The van der Waals surface area contributed by atoms with Gasteiger partial charge < -0.3 is 5.01 Å². The molecule has 1 aliphatic carbocycles. The van der Waals surface area contributed by atoms with Crippen molar-refractivity contribution >= 4 is 5.69 Å². The minimum atomic E-state index is 0.673. The minimum absolute atomic E-state index is 0.673.